The van der Waals surface area contributed by atoms with Gasteiger partial charge in [0.05, 0.1) is 15.8 Å². The van der Waals surface area contributed by atoms with Crippen molar-refractivity contribution in [2.24, 2.45) is 0 Å². The van der Waals surface area contributed by atoms with Crippen LogP contribution in [0.2, 0.25) is 10.0 Å². The second-order valence-corrected chi connectivity index (χ2v) is 6.94. The molecule has 0 bridgehead atoms. The smallest absolute Gasteiger partial charge is 0.212 e. The fourth-order valence-corrected chi connectivity index (χ4v) is 3.34. The molecule has 102 valence electrons. The summed E-state index contributed by atoms with van der Waals surface area (Å²) in [6.45, 7) is 1.75. The van der Waals surface area contributed by atoms with E-state index in [1.807, 2.05) is 0 Å². The van der Waals surface area contributed by atoms with Crippen molar-refractivity contribution >= 4 is 44.8 Å². The zero-order valence-corrected chi connectivity index (χ0v) is 12.9. The molecule has 0 aromatic heterocycles. The molecular formula is C11H14Cl3NO2S. The topological polar surface area (TPSA) is 46.2 Å². The lowest BCUT2D eigenvalue weighted by Gasteiger charge is -2.15. The third-order valence-corrected chi connectivity index (χ3v) is 4.89. The van der Waals surface area contributed by atoms with Gasteiger partial charge in [-0.25, -0.2) is 13.1 Å². The van der Waals surface area contributed by atoms with E-state index in [9.17, 15) is 8.42 Å². The molecule has 1 unspecified atom stereocenters. The monoisotopic (exact) mass is 329 g/mol. The SMILES string of the molecule is CC(NS(=O)(=O)CCCCl)c1ccc(Cl)c(Cl)c1. The van der Waals surface area contributed by atoms with Gasteiger partial charge in [0, 0.05) is 11.9 Å². The van der Waals surface area contributed by atoms with Crippen LogP contribution in [0.1, 0.15) is 24.9 Å². The molecule has 0 aliphatic heterocycles. The summed E-state index contributed by atoms with van der Waals surface area (Å²) in [7, 11) is -3.32. The van der Waals surface area contributed by atoms with Crippen molar-refractivity contribution in [2.75, 3.05) is 11.6 Å². The Balaban J connectivity index is 2.75. The molecule has 0 aliphatic rings. The molecule has 1 N–H and O–H groups in total. The molecule has 1 aromatic rings. The average molecular weight is 331 g/mol. The molecule has 0 aliphatic carbocycles. The van der Waals surface area contributed by atoms with E-state index in [1.54, 1.807) is 25.1 Å². The second kappa shape index (κ2) is 6.96. The van der Waals surface area contributed by atoms with Crippen molar-refractivity contribution in [3.8, 4) is 0 Å². The fourth-order valence-electron chi connectivity index (χ4n) is 1.42. The predicted molar refractivity (Wildman–Crippen MR) is 77.1 cm³/mol. The number of hydrogen-bond acceptors (Lipinski definition) is 2. The van der Waals surface area contributed by atoms with Crippen molar-refractivity contribution in [3.63, 3.8) is 0 Å². The van der Waals surface area contributed by atoms with Crippen LogP contribution in [0.5, 0.6) is 0 Å². The summed E-state index contributed by atoms with van der Waals surface area (Å²) in [5.41, 5.74) is 0.763. The quantitative estimate of drug-likeness (QED) is 0.810. The number of sulfonamides is 1. The Hall–Kier alpha value is -0.000000000000000111. The minimum atomic E-state index is -3.32. The molecule has 0 saturated heterocycles. The van der Waals surface area contributed by atoms with Crippen LogP contribution in [-0.2, 0) is 10.0 Å². The Bertz CT molecular complexity index is 505. The first-order valence-electron chi connectivity index (χ1n) is 5.36. The lowest BCUT2D eigenvalue weighted by atomic mass is 10.1. The summed E-state index contributed by atoms with van der Waals surface area (Å²) in [4.78, 5) is 0. The molecule has 0 heterocycles. The summed E-state index contributed by atoms with van der Waals surface area (Å²) >= 11 is 17.2. The van der Waals surface area contributed by atoms with Crippen LogP contribution in [0.15, 0.2) is 18.2 Å². The van der Waals surface area contributed by atoms with E-state index in [0.717, 1.165) is 5.56 Å². The summed E-state index contributed by atoms with van der Waals surface area (Å²) < 4.78 is 26.0. The molecule has 1 rings (SSSR count). The first kappa shape index (κ1) is 16.1. The highest BCUT2D eigenvalue weighted by atomic mass is 35.5. The van der Waals surface area contributed by atoms with Crippen LogP contribution in [0, 0.1) is 0 Å². The van der Waals surface area contributed by atoms with Crippen LogP contribution in [0.25, 0.3) is 0 Å². The Kier molecular flexibility index (Phi) is 6.21. The maximum absolute atomic E-state index is 11.7. The van der Waals surface area contributed by atoms with E-state index in [0.29, 0.717) is 22.3 Å². The molecule has 0 fully saturated rings. The largest absolute Gasteiger partial charge is 0.212 e. The minimum Gasteiger partial charge on any atom is -0.212 e. The Morgan fingerprint density at radius 1 is 1.28 bits per heavy atom. The van der Waals surface area contributed by atoms with Gasteiger partial charge in [0.15, 0.2) is 0 Å². The Labute approximate surface area is 122 Å². The molecule has 0 spiro atoms. The second-order valence-electron chi connectivity index (χ2n) is 3.87. The molecule has 1 aromatic carbocycles. The van der Waals surface area contributed by atoms with E-state index in [2.05, 4.69) is 4.72 Å². The van der Waals surface area contributed by atoms with Crippen LogP contribution < -0.4 is 4.72 Å². The highest BCUT2D eigenvalue weighted by Crippen LogP contribution is 2.25. The third-order valence-electron chi connectivity index (χ3n) is 2.35. The van der Waals surface area contributed by atoms with Crippen LogP contribution in [-0.4, -0.2) is 20.1 Å². The number of rotatable bonds is 6. The van der Waals surface area contributed by atoms with Crippen molar-refractivity contribution < 1.29 is 8.42 Å². The molecule has 0 radical (unpaired) electrons. The first-order chi connectivity index (χ1) is 8.35. The zero-order chi connectivity index (χ0) is 13.8. The van der Waals surface area contributed by atoms with Crippen LogP contribution in [0.4, 0.5) is 0 Å². The molecule has 7 heteroatoms. The first-order valence-corrected chi connectivity index (χ1v) is 8.31. The van der Waals surface area contributed by atoms with E-state index in [-0.39, 0.29) is 11.8 Å². The fraction of sp³-hybridized carbons (Fsp3) is 0.455. The maximum atomic E-state index is 11.7. The summed E-state index contributed by atoms with van der Waals surface area (Å²) in [6.07, 6.45) is 0.422. The number of nitrogens with one attached hydrogen (secondary N) is 1. The van der Waals surface area contributed by atoms with Crippen molar-refractivity contribution in [1.82, 2.24) is 4.72 Å². The van der Waals surface area contributed by atoms with Crippen LogP contribution >= 0.6 is 34.8 Å². The van der Waals surface area contributed by atoms with Gasteiger partial charge in [0.25, 0.3) is 0 Å². The molecular weight excluding hydrogens is 317 g/mol. The molecule has 0 amide bonds. The van der Waals surface area contributed by atoms with Crippen molar-refractivity contribution in [3.05, 3.63) is 33.8 Å². The maximum Gasteiger partial charge on any atom is 0.212 e. The highest BCUT2D eigenvalue weighted by molar-refractivity contribution is 7.89. The lowest BCUT2D eigenvalue weighted by molar-refractivity contribution is 0.566. The van der Waals surface area contributed by atoms with Crippen molar-refractivity contribution in [1.29, 1.82) is 0 Å². The summed E-state index contributed by atoms with van der Waals surface area (Å²) in [5.74, 6) is 0.338. The van der Waals surface area contributed by atoms with Gasteiger partial charge < -0.3 is 0 Å². The van der Waals surface area contributed by atoms with E-state index >= 15 is 0 Å². The van der Waals surface area contributed by atoms with Gasteiger partial charge in [0.1, 0.15) is 0 Å². The zero-order valence-electron chi connectivity index (χ0n) is 9.79. The number of hydrogen-bond donors (Lipinski definition) is 1. The van der Waals surface area contributed by atoms with Crippen LogP contribution in [0.3, 0.4) is 0 Å². The average Bonchev–Trinajstić information content (AvgIpc) is 2.29. The van der Waals surface area contributed by atoms with Gasteiger partial charge in [-0.2, -0.15) is 0 Å². The number of halogens is 3. The molecule has 0 saturated carbocycles. The van der Waals surface area contributed by atoms with Crippen molar-refractivity contribution in [2.45, 2.75) is 19.4 Å². The standard InChI is InChI=1S/C11H14Cl3NO2S/c1-8(15-18(16,17)6-2-5-12)9-3-4-10(13)11(14)7-9/h3-4,7-8,15H,2,5-6H2,1H3. The van der Waals surface area contributed by atoms with Gasteiger partial charge >= 0.3 is 0 Å². The normalized spacial score (nSPS) is 13.6. The number of benzene rings is 1. The predicted octanol–water partition coefficient (Wildman–Crippen LogP) is 3.60. The molecule has 3 nitrogen and oxygen atoms in total. The Morgan fingerprint density at radius 2 is 1.94 bits per heavy atom. The van der Waals surface area contributed by atoms with E-state index in [4.69, 9.17) is 34.8 Å². The van der Waals surface area contributed by atoms with Gasteiger partial charge in [-0.3, -0.25) is 0 Å². The van der Waals surface area contributed by atoms with Gasteiger partial charge in [-0.1, -0.05) is 29.3 Å². The van der Waals surface area contributed by atoms with E-state index < -0.39 is 10.0 Å². The Morgan fingerprint density at radius 3 is 2.50 bits per heavy atom. The lowest BCUT2D eigenvalue weighted by Crippen LogP contribution is -2.29. The van der Waals surface area contributed by atoms with Gasteiger partial charge in [0.2, 0.25) is 10.0 Å². The highest BCUT2D eigenvalue weighted by Gasteiger charge is 2.16. The molecule has 18 heavy (non-hydrogen) atoms. The van der Waals surface area contributed by atoms with Gasteiger partial charge in [-0.15, -0.1) is 11.6 Å². The number of alkyl halides is 1. The summed E-state index contributed by atoms with van der Waals surface area (Å²) in [5, 5.41) is 0.846. The summed E-state index contributed by atoms with van der Waals surface area (Å²) in [6, 6.07) is 4.67. The van der Waals surface area contributed by atoms with Gasteiger partial charge in [-0.05, 0) is 31.0 Å². The third kappa shape index (κ3) is 4.94. The molecule has 1 atom stereocenters. The van der Waals surface area contributed by atoms with E-state index in [1.165, 1.54) is 0 Å². The minimum absolute atomic E-state index is 0.0160.